The maximum Gasteiger partial charge on any atom is 0.337 e. The molecule has 0 spiro atoms. The lowest BCUT2D eigenvalue weighted by molar-refractivity contribution is 0.0696. The van der Waals surface area contributed by atoms with Gasteiger partial charge in [-0.2, -0.15) is 0 Å². The first kappa shape index (κ1) is 13.8. The van der Waals surface area contributed by atoms with Crippen molar-refractivity contribution in [1.29, 1.82) is 0 Å². The van der Waals surface area contributed by atoms with Crippen LogP contribution in [0, 0.1) is 0 Å². The molecule has 1 heterocycles. The Bertz CT molecular complexity index is 644. The van der Waals surface area contributed by atoms with Gasteiger partial charge >= 0.3 is 12.0 Å². The van der Waals surface area contributed by atoms with Crippen LogP contribution in [0.5, 0.6) is 0 Å². The summed E-state index contributed by atoms with van der Waals surface area (Å²) in [7, 11) is 0. The van der Waals surface area contributed by atoms with Gasteiger partial charge < -0.3 is 10.4 Å². The molecule has 0 saturated carbocycles. The number of nitrogens with zero attached hydrogens (tertiary/aromatic N) is 1. The second-order valence-electron chi connectivity index (χ2n) is 3.83. The Morgan fingerprint density at radius 2 is 1.95 bits per heavy atom. The fourth-order valence-corrected chi connectivity index (χ4v) is 1.63. The zero-order valence-corrected chi connectivity index (χ0v) is 10.9. The summed E-state index contributed by atoms with van der Waals surface area (Å²) >= 11 is 5.80. The SMILES string of the molecule is O=C(Nc1cccc(Cl)c1)Nc1ccc(C(=O)O)cn1. The Kier molecular flexibility index (Phi) is 4.17. The van der Waals surface area contributed by atoms with E-state index in [-0.39, 0.29) is 11.4 Å². The molecule has 7 heteroatoms. The Balaban J connectivity index is 1.99. The number of amides is 2. The average Bonchev–Trinajstić information content (AvgIpc) is 2.39. The van der Waals surface area contributed by atoms with E-state index < -0.39 is 12.0 Å². The summed E-state index contributed by atoms with van der Waals surface area (Å²) < 4.78 is 0. The molecule has 2 aromatic rings. The Labute approximate surface area is 119 Å². The van der Waals surface area contributed by atoms with Crippen molar-refractivity contribution in [2.75, 3.05) is 10.6 Å². The molecule has 20 heavy (non-hydrogen) atoms. The van der Waals surface area contributed by atoms with Gasteiger partial charge in [-0.15, -0.1) is 0 Å². The highest BCUT2D eigenvalue weighted by atomic mass is 35.5. The quantitative estimate of drug-likeness (QED) is 0.810. The molecule has 1 aromatic heterocycles. The van der Waals surface area contributed by atoms with Gasteiger partial charge in [0.15, 0.2) is 0 Å². The molecule has 0 bridgehead atoms. The zero-order chi connectivity index (χ0) is 14.5. The van der Waals surface area contributed by atoms with Gasteiger partial charge in [-0.3, -0.25) is 5.32 Å². The number of hydrogen-bond acceptors (Lipinski definition) is 3. The highest BCUT2D eigenvalue weighted by Crippen LogP contribution is 2.15. The molecular weight excluding hydrogens is 282 g/mol. The number of anilines is 2. The second kappa shape index (κ2) is 6.03. The van der Waals surface area contributed by atoms with Crippen LogP contribution in [-0.2, 0) is 0 Å². The van der Waals surface area contributed by atoms with Crippen LogP contribution in [0.25, 0.3) is 0 Å². The van der Waals surface area contributed by atoms with Crippen molar-refractivity contribution in [3.8, 4) is 0 Å². The molecule has 1 aromatic carbocycles. The van der Waals surface area contributed by atoms with Crippen LogP contribution in [0.1, 0.15) is 10.4 Å². The summed E-state index contributed by atoms with van der Waals surface area (Å²) in [6.07, 6.45) is 1.16. The number of rotatable bonds is 3. The summed E-state index contributed by atoms with van der Waals surface area (Å²) in [5.41, 5.74) is 0.586. The molecule has 102 valence electrons. The van der Waals surface area contributed by atoms with E-state index >= 15 is 0 Å². The Morgan fingerprint density at radius 3 is 2.55 bits per heavy atom. The molecule has 3 N–H and O–H groups in total. The lowest BCUT2D eigenvalue weighted by Crippen LogP contribution is -2.20. The molecule has 2 amide bonds. The first-order valence-corrected chi connectivity index (χ1v) is 5.95. The number of pyridine rings is 1. The summed E-state index contributed by atoms with van der Waals surface area (Å²) in [5.74, 6) is -0.832. The van der Waals surface area contributed by atoms with Crippen LogP contribution >= 0.6 is 11.6 Å². The minimum absolute atomic E-state index is 0.0470. The Hall–Kier alpha value is -2.60. The fourth-order valence-electron chi connectivity index (χ4n) is 1.44. The third kappa shape index (κ3) is 3.69. The van der Waals surface area contributed by atoms with Crippen molar-refractivity contribution in [3.63, 3.8) is 0 Å². The van der Waals surface area contributed by atoms with Crippen molar-refractivity contribution in [2.45, 2.75) is 0 Å². The molecule has 0 aliphatic carbocycles. The van der Waals surface area contributed by atoms with Crippen LogP contribution in [0.4, 0.5) is 16.3 Å². The zero-order valence-electron chi connectivity index (χ0n) is 10.1. The molecule has 6 nitrogen and oxygen atoms in total. The van der Waals surface area contributed by atoms with Gasteiger partial charge in [-0.1, -0.05) is 17.7 Å². The van der Waals surface area contributed by atoms with Crippen LogP contribution < -0.4 is 10.6 Å². The highest BCUT2D eigenvalue weighted by Gasteiger charge is 2.06. The average molecular weight is 292 g/mol. The minimum atomic E-state index is -1.08. The number of carboxylic acids is 1. The number of carbonyl (C=O) groups excluding carboxylic acids is 1. The third-order valence-corrected chi connectivity index (χ3v) is 2.57. The number of halogens is 1. The number of aromatic carboxylic acids is 1. The standard InChI is InChI=1S/C13H10ClN3O3/c14-9-2-1-3-10(6-9)16-13(20)17-11-5-4-8(7-15-11)12(18)19/h1-7H,(H,18,19)(H2,15,16,17,20). The van der Waals surface area contributed by atoms with E-state index in [0.29, 0.717) is 10.7 Å². The molecule has 0 aliphatic rings. The lowest BCUT2D eigenvalue weighted by Gasteiger charge is -2.07. The number of nitrogens with one attached hydrogen (secondary N) is 2. The van der Waals surface area contributed by atoms with E-state index in [1.807, 2.05) is 0 Å². The Morgan fingerprint density at radius 1 is 1.15 bits per heavy atom. The van der Waals surface area contributed by atoms with E-state index in [4.69, 9.17) is 16.7 Å². The molecule has 0 radical (unpaired) electrons. The molecule has 2 rings (SSSR count). The minimum Gasteiger partial charge on any atom is -0.478 e. The van der Waals surface area contributed by atoms with Crippen molar-refractivity contribution < 1.29 is 14.7 Å². The summed E-state index contributed by atoms with van der Waals surface area (Å²) in [5, 5.41) is 14.3. The predicted molar refractivity (Wildman–Crippen MR) is 75.3 cm³/mol. The number of urea groups is 1. The van der Waals surface area contributed by atoms with E-state index in [1.165, 1.54) is 12.1 Å². The topological polar surface area (TPSA) is 91.3 Å². The third-order valence-electron chi connectivity index (χ3n) is 2.33. The van der Waals surface area contributed by atoms with Gasteiger partial charge in [0.05, 0.1) is 5.56 Å². The first-order chi connectivity index (χ1) is 9.54. The smallest absolute Gasteiger partial charge is 0.337 e. The van der Waals surface area contributed by atoms with Crippen LogP contribution in [0.3, 0.4) is 0 Å². The highest BCUT2D eigenvalue weighted by molar-refractivity contribution is 6.30. The maximum absolute atomic E-state index is 11.7. The first-order valence-electron chi connectivity index (χ1n) is 5.57. The van der Waals surface area contributed by atoms with Crippen molar-refractivity contribution in [1.82, 2.24) is 4.98 Å². The predicted octanol–water partition coefficient (Wildman–Crippen LogP) is 3.08. The fraction of sp³-hybridized carbons (Fsp3) is 0. The van der Waals surface area contributed by atoms with Gasteiger partial charge in [0.1, 0.15) is 5.82 Å². The van der Waals surface area contributed by atoms with E-state index in [1.54, 1.807) is 24.3 Å². The van der Waals surface area contributed by atoms with Crippen molar-refractivity contribution >= 4 is 35.1 Å². The second-order valence-corrected chi connectivity index (χ2v) is 4.26. The summed E-state index contributed by atoms with van der Waals surface area (Å²) in [4.78, 5) is 26.2. The van der Waals surface area contributed by atoms with Gasteiger partial charge in [0.2, 0.25) is 0 Å². The van der Waals surface area contributed by atoms with Crippen molar-refractivity contribution in [3.05, 3.63) is 53.2 Å². The van der Waals surface area contributed by atoms with Crippen LogP contribution in [-0.4, -0.2) is 22.1 Å². The molecule has 0 aliphatic heterocycles. The molecule has 0 fully saturated rings. The van der Waals surface area contributed by atoms with Crippen LogP contribution in [0.15, 0.2) is 42.6 Å². The molecular formula is C13H10ClN3O3. The van der Waals surface area contributed by atoms with E-state index in [9.17, 15) is 9.59 Å². The maximum atomic E-state index is 11.7. The number of hydrogen-bond donors (Lipinski definition) is 3. The number of benzene rings is 1. The number of carbonyl (C=O) groups is 2. The normalized spacial score (nSPS) is 9.85. The molecule has 0 atom stereocenters. The van der Waals surface area contributed by atoms with Gasteiger partial charge in [0, 0.05) is 16.9 Å². The van der Waals surface area contributed by atoms with Gasteiger partial charge in [-0.25, -0.2) is 14.6 Å². The number of carboxylic acid groups (broad SMARTS) is 1. The van der Waals surface area contributed by atoms with Gasteiger partial charge in [-0.05, 0) is 30.3 Å². The summed E-state index contributed by atoms with van der Waals surface area (Å²) in [6, 6.07) is 8.94. The van der Waals surface area contributed by atoms with E-state index in [0.717, 1.165) is 6.20 Å². The van der Waals surface area contributed by atoms with Crippen molar-refractivity contribution in [2.24, 2.45) is 0 Å². The summed E-state index contributed by atoms with van der Waals surface area (Å²) in [6.45, 7) is 0. The molecule has 0 saturated heterocycles. The number of aromatic nitrogens is 1. The lowest BCUT2D eigenvalue weighted by atomic mass is 10.3. The monoisotopic (exact) mass is 291 g/mol. The van der Waals surface area contributed by atoms with Crippen LogP contribution in [0.2, 0.25) is 5.02 Å². The molecule has 0 unspecified atom stereocenters. The van der Waals surface area contributed by atoms with E-state index in [2.05, 4.69) is 15.6 Å². The van der Waals surface area contributed by atoms with Gasteiger partial charge in [0.25, 0.3) is 0 Å². The largest absolute Gasteiger partial charge is 0.478 e.